The SMILES string of the molecule is SCCC=CCc1ccccc1. The highest BCUT2D eigenvalue weighted by Crippen LogP contribution is 2.00. The molecule has 1 aromatic carbocycles. The summed E-state index contributed by atoms with van der Waals surface area (Å²) in [5.41, 5.74) is 1.37. The lowest BCUT2D eigenvalue weighted by molar-refractivity contribution is 1.19. The quantitative estimate of drug-likeness (QED) is 0.531. The average molecular weight is 178 g/mol. The Morgan fingerprint density at radius 1 is 1.08 bits per heavy atom. The number of rotatable bonds is 4. The van der Waals surface area contributed by atoms with Gasteiger partial charge >= 0.3 is 0 Å². The minimum Gasteiger partial charge on any atom is -0.179 e. The van der Waals surface area contributed by atoms with Crippen LogP contribution in [-0.4, -0.2) is 5.75 Å². The topological polar surface area (TPSA) is 0 Å². The summed E-state index contributed by atoms with van der Waals surface area (Å²) in [6.45, 7) is 0. The first-order chi connectivity index (χ1) is 5.93. The molecule has 1 rings (SSSR count). The molecule has 0 atom stereocenters. The lowest BCUT2D eigenvalue weighted by Crippen LogP contribution is -1.78. The van der Waals surface area contributed by atoms with Crippen molar-refractivity contribution in [3.05, 3.63) is 48.0 Å². The van der Waals surface area contributed by atoms with E-state index in [4.69, 9.17) is 0 Å². The maximum Gasteiger partial charge on any atom is -0.00633 e. The standard InChI is InChI=1S/C11H14S/c12-10-6-2-5-9-11-7-3-1-4-8-11/h1-5,7-8,12H,6,9-10H2. The van der Waals surface area contributed by atoms with Crippen molar-refractivity contribution in [1.82, 2.24) is 0 Å². The third kappa shape index (κ3) is 3.63. The van der Waals surface area contributed by atoms with Crippen molar-refractivity contribution in [3.8, 4) is 0 Å². The summed E-state index contributed by atoms with van der Waals surface area (Å²) in [7, 11) is 0. The Hall–Kier alpha value is -0.690. The van der Waals surface area contributed by atoms with Crippen LogP contribution in [0.5, 0.6) is 0 Å². The molecule has 0 aliphatic rings. The number of allylic oxidation sites excluding steroid dienone is 2. The zero-order valence-corrected chi connectivity index (χ0v) is 8.00. The Balaban J connectivity index is 2.33. The van der Waals surface area contributed by atoms with Gasteiger partial charge in [0.1, 0.15) is 0 Å². The van der Waals surface area contributed by atoms with Gasteiger partial charge in [0.2, 0.25) is 0 Å². The number of benzene rings is 1. The number of hydrogen-bond acceptors (Lipinski definition) is 1. The van der Waals surface area contributed by atoms with E-state index >= 15 is 0 Å². The second-order valence-corrected chi connectivity index (χ2v) is 3.12. The summed E-state index contributed by atoms with van der Waals surface area (Å²) < 4.78 is 0. The molecule has 0 saturated carbocycles. The van der Waals surface area contributed by atoms with Crippen LogP contribution >= 0.6 is 12.6 Å². The van der Waals surface area contributed by atoms with Crippen molar-refractivity contribution < 1.29 is 0 Å². The molecule has 0 aliphatic heterocycles. The molecule has 0 nitrogen and oxygen atoms in total. The van der Waals surface area contributed by atoms with Crippen molar-refractivity contribution in [2.24, 2.45) is 0 Å². The molecular weight excluding hydrogens is 164 g/mol. The first kappa shape index (κ1) is 9.40. The van der Waals surface area contributed by atoms with Crippen LogP contribution in [0.4, 0.5) is 0 Å². The molecule has 0 aromatic heterocycles. The normalized spacial score (nSPS) is 10.8. The van der Waals surface area contributed by atoms with E-state index in [-0.39, 0.29) is 0 Å². The van der Waals surface area contributed by atoms with E-state index < -0.39 is 0 Å². The molecule has 0 fully saturated rings. The molecule has 0 radical (unpaired) electrons. The van der Waals surface area contributed by atoms with Gasteiger partial charge in [-0.1, -0.05) is 42.5 Å². The van der Waals surface area contributed by atoms with E-state index in [0.717, 1.165) is 18.6 Å². The summed E-state index contributed by atoms with van der Waals surface area (Å²) in [5, 5.41) is 0. The smallest absolute Gasteiger partial charge is 0.00633 e. The van der Waals surface area contributed by atoms with Gasteiger partial charge in [-0.05, 0) is 24.2 Å². The van der Waals surface area contributed by atoms with Crippen molar-refractivity contribution >= 4 is 12.6 Å². The van der Waals surface area contributed by atoms with Crippen molar-refractivity contribution in [3.63, 3.8) is 0 Å². The van der Waals surface area contributed by atoms with Gasteiger partial charge < -0.3 is 0 Å². The van der Waals surface area contributed by atoms with E-state index in [9.17, 15) is 0 Å². The van der Waals surface area contributed by atoms with Crippen molar-refractivity contribution in [2.75, 3.05) is 5.75 Å². The molecule has 0 unspecified atom stereocenters. The van der Waals surface area contributed by atoms with Crippen LogP contribution in [-0.2, 0) is 6.42 Å². The van der Waals surface area contributed by atoms with Crippen LogP contribution in [0, 0.1) is 0 Å². The maximum atomic E-state index is 4.13. The molecule has 1 aromatic rings. The van der Waals surface area contributed by atoms with E-state index in [1.165, 1.54) is 5.56 Å². The van der Waals surface area contributed by atoms with Crippen LogP contribution in [0.1, 0.15) is 12.0 Å². The molecule has 0 heterocycles. The minimum atomic E-state index is 0.936. The van der Waals surface area contributed by atoms with E-state index in [1.807, 2.05) is 6.07 Å². The van der Waals surface area contributed by atoms with Crippen LogP contribution < -0.4 is 0 Å². The molecular formula is C11H14S. The number of thiol groups is 1. The lowest BCUT2D eigenvalue weighted by atomic mass is 10.1. The minimum absolute atomic E-state index is 0.936. The van der Waals surface area contributed by atoms with Gasteiger partial charge in [-0.25, -0.2) is 0 Å². The van der Waals surface area contributed by atoms with Crippen LogP contribution in [0.25, 0.3) is 0 Å². The third-order valence-electron chi connectivity index (χ3n) is 1.66. The third-order valence-corrected chi connectivity index (χ3v) is 1.92. The highest BCUT2D eigenvalue weighted by molar-refractivity contribution is 7.80. The van der Waals surface area contributed by atoms with Gasteiger partial charge in [0, 0.05) is 0 Å². The molecule has 0 aliphatic carbocycles. The molecule has 1 heteroatoms. The Morgan fingerprint density at radius 3 is 2.50 bits per heavy atom. The molecule has 0 N–H and O–H groups in total. The first-order valence-corrected chi connectivity index (χ1v) is 4.86. The van der Waals surface area contributed by atoms with Gasteiger partial charge in [-0.3, -0.25) is 0 Å². The van der Waals surface area contributed by atoms with Crippen LogP contribution in [0.3, 0.4) is 0 Å². The average Bonchev–Trinajstić information content (AvgIpc) is 2.14. The summed E-state index contributed by atoms with van der Waals surface area (Å²) >= 11 is 4.13. The molecule has 0 spiro atoms. The fraction of sp³-hybridized carbons (Fsp3) is 0.273. The lowest BCUT2D eigenvalue weighted by Gasteiger charge is -1.93. The summed E-state index contributed by atoms with van der Waals surface area (Å²) in [4.78, 5) is 0. The van der Waals surface area contributed by atoms with Crippen LogP contribution in [0.2, 0.25) is 0 Å². The summed E-state index contributed by atoms with van der Waals surface area (Å²) in [5.74, 6) is 0.936. The zero-order chi connectivity index (χ0) is 8.65. The Kier molecular flexibility index (Phi) is 4.62. The van der Waals surface area contributed by atoms with E-state index in [1.54, 1.807) is 0 Å². The predicted octanol–water partition coefficient (Wildman–Crippen LogP) is 3.11. The van der Waals surface area contributed by atoms with E-state index in [2.05, 4.69) is 49.0 Å². The molecule has 0 saturated heterocycles. The van der Waals surface area contributed by atoms with Crippen molar-refractivity contribution in [2.45, 2.75) is 12.8 Å². The van der Waals surface area contributed by atoms with Crippen molar-refractivity contribution in [1.29, 1.82) is 0 Å². The second kappa shape index (κ2) is 5.90. The van der Waals surface area contributed by atoms with Gasteiger partial charge in [0.05, 0.1) is 0 Å². The zero-order valence-electron chi connectivity index (χ0n) is 7.11. The fourth-order valence-electron chi connectivity index (χ4n) is 1.03. The van der Waals surface area contributed by atoms with Gasteiger partial charge in [-0.2, -0.15) is 12.6 Å². The molecule has 0 amide bonds. The van der Waals surface area contributed by atoms with Gasteiger partial charge in [0.15, 0.2) is 0 Å². The Morgan fingerprint density at radius 2 is 1.83 bits per heavy atom. The largest absolute Gasteiger partial charge is 0.179 e. The summed E-state index contributed by atoms with van der Waals surface area (Å²) in [6.07, 6.45) is 6.48. The number of hydrogen-bond donors (Lipinski definition) is 1. The van der Waals surface area contributed by atoms with Gasteiger partial charge in [-0.15, -0.1) is 0 Å². The second-order valence-electron chi connectivity index (χ2n) is 2.67. The van der Waals surface area contributed by atoms with Crippen LogP contribution in [0.15, 0.2) is 42.5 Å². The Labute approximate surface area is 79.7 Å². The Bertz CT molecular complexity index is 226. The maximum absolute atomic E-state index is 4.13. The highest BCUT2D eigenvalue weighted by atomic mass is 32.1. The predicted molar refractivity (Wildman–Crippen MR) is 57.8 cm³/mol. The highest BCUT2D eigenvalue weighted by Gasteiger charge is 1.84. The first-order valence-electron chi connectivity index (χ1n) is 4.23. The fourth-order valence-corrected chi connectivity index (χ4v) is 1.17. The summed E-state index contributed by atoms with van der Waals surface area (Å²) in [6, 6.07) is 10.5. The monoisotopic (exact) mass is 178 g/mol. The van der Waals surface area contributed by atoms with Gasteiger partial charge in [0.25, 0.3) is 0 Å². The molecule has 0 bridgehead atoms. The molecule has 12 heavy (non-hydrogen) atoms. The van der Waals surface area contributed by atoms with E-state index in [0.29, 0.717) is 0 Å². The molecule has 64 valence electrons.